The molecule has 0 N–H and O–H groups in total. The van der Waals surface area contributed by atoms with Gasteiger partial charge in [0.15, 0.2) is 0 Å². The van der Waals surface area contributed by atoms with Crippen LogP contribution in [-0.2, 0) is 14.6 Å². The van der Waals surface area contributed by atoms with Gasteiger partial charge in [-0.2, -0.15) is 0 Å². The lowest BCUT2D eigenvalue weighted by molar-refractivity contribution is -0.116. The predicted octanol–water partition coefficient (Wildman–Crippen LogP) is 3.03. The Morgan fingerprint density at radius 1 is 1.03 bits per heavy atom. The van der Waals surface area contributed by atoms with Gasteiger partial charge >= 0.3 is 0 Å². The van der Waals surface area contributed by atoms with Crippen LogP contribution in [0, 0.1) is 0 Å². The summed E-state index contributed by atoms with van der Waals surface area (Å²) in [5, 5.41) is 0. The molecule has 1 amide bonds. The molecule has 29 heavy (non-hydrogen) atoms. The molecule has 0 radical (unpaired) electrons. The minimum absolute atomic E-state index is 0.163. The number of benzene rings is 2. The van der Waals surface area contributed by atoms with Gasteiger partial charge in [-0.05, 0) is 57.3 Å². The van der Waals surface area contributed by atoms with Crippen LogP contribution in [0.5, 0.6) is 0 Å². The third-order valence-electron chi connectivity index (χ3n) is 5.36. The number of likely N-dealkylation sites (N-methyl/N-ethyl adjacent to an activating group) is 1. The summed E-state index contributed by atoms with van der Waals surface area (Å²) >= 11 is 0. The first-order chi connectivity index (χ1) is 13.8. The molecule has 0 unspecified atom stereocenters. The highest BCUT2D eigenvalue weighted by molar-refractivity contribution is 7.91. The third kappa shape index (κ3) is 4.62. The summed E-state index contributed by atoms with van der Waals surface area (Å²) in [5.41, 5.74) is 1.39. The van der Waals surface area contributed by atoms with E-state index in [1.807, 2.05) is 19.1 Å². The van der Waals surface area contributed by atoms with Crippen LogP contribution in [0.25, 0.3) is 0 Å². The molecular weight excluding hydrogens is 386 g/mol. The number of hydrogen-bond acceptors (Lipinski definition) is 5. The highest BCUT2D eigenvalue weighted by Crippen LogP contribution is 2.34. The average molecular weight is 416 g/mol. The van der Waals surface area contributed by atoms with Gasteiger partial charge in [0.2, 0.25) is 15.7 Å². The van der Waals surface area contributed by atoms with Gasteiger partial charge in [-0.25, -0.2) is 8.42 Å². The Labute approximate surface area is 173 Å². The molecule has 2 aromatic rings. The standard InChI is InChI=1S/C22H29N3O3S/c1-4-25(18(2)26)21-17-19(24-14-8-13-23(3)15-16-24)11-12-22(21)29(27,28)20-9-6-5-7-10-20/h5-7,9-12,17H,4,8,13-16H2,1-3H3. The summed E-state index contributed by atoms with van der Waals surface area (Å²) in [5.74, 6) is -0.176. The summed E-state index contributed by atoms with van der Waals surface area (Å²) in [6.45, 7) is 7.48. The van der Waals surface area contributed by atoms with Gasteiger partial charge in [-0.15, -0.1) is 0 Å². The van der Waals surface area contributed by atoms with Crippen molar-refractivity contribution < 1.29 is 13.2 Å². The summed E-state index contributed by atoms with van der Waals surface area (Å²) in [4.78, 5) is 18.8. The van der Waals surface area contributed by atoms with Crippen molar-refractivity contribution in [2.75, 3.05) is 49.6 Å². The molecule has 7 heteroatoms. The van der Waals surface area contributed by atoms with Crippen LogP contribution in [-0.4, -0.2) is 59.0 Å². The molecule has 0 atom stereocenters. The minimum atomic E-state index is -3.74. The monoisotopic (exact) mass is 415 g/mol. The number of nitrogens with zero attached hydrogens (tertiary/aromatic N) is 3. The van der Waals surface area contributed by atoms with Crippen LogP contribution in [0.2, 0.25) is 0 Å². The first-order valence-corrected chi connectivity index (χ1v) is 11.5. The molecule has 0 bridgehead atoms. The van der Waals surface area contributed by atoms with E-state index in [0.29, 0.717) is 12.2 Å². The van der Waals surface area contributed by atoms with Crippen LogP contribution < -0.4 is 9.80 Å². The Morgan fingerprint density at radius 2 is 1.76 bits per heavy atom. The molecule has 0 aliphatic carbocycles. The third-order valence-corrected chi connectivity index (χ3v) is 7.17. The zero-order valence-electron chi connectivity index (χ0n) is 17.3. The van der Waals surface area contributed by atoms with E-state index in [4.69, 9.17) is 0 Å². The van der Waals surface area contributed by atoms with Crippen LogP contribution in [0.1, 0.15) is 20.3 Å². The maximum atomic E-state index is 13.3. The van der Waals surface area contributed by atoms with Crippen LogP contribution >= 0.6 is 0 Å². The summed E-state index contributed by atoms with van der Waals surface area (Å²) in [6.07, 6.45) is 1.04. The molecule has 1 heterocycles. The topological polar surface area (TPSA) is 60.9 Å². The summed E-state index contributed by atoms with van der Waals surface area (Å²) < 4.78 is 26.6. The second kappa shape index (κ2) is 8.97. The summed E-state index contributed by atoms with van der Waals surface area (Å²) in [7, 11) is -1.63. The molecule has 3 rings (SSSR count). The largest absolute Gasteiger partial charge is 0.370 e. The van der Waals surface area contributed by atoms with E-state index in [1.165, 1.54) is 11.8 Å². The maximum Gasteiger partial charge on any atom is 0.223 e. The molecule has 156 valence electrons. The van der Waals surface area contributed by atoms with Gasteiger partial charge in [0.05, 0.1) is 15.5 Å². The molecule has 0 saturated carbocycles. The van der Waals surface area contributed by atoms with Crippen molar-refractivity contribution in [3.63, 3.8) is 0 Å². The van der Waals surface area contributed by atoms with E-state index in [1.54, 1.807) is 36.4 Å². The van der Waals surface area contributed by atoms with Gasteiger partial charge in [-0.3, -0.25) is 4.79 Å². The van der Waals surface area contributed by atoms with Gasteiger partial charge in [-0.1, -0.05) is 18.2 Å². The quantitative estimate of drug-likeness (QED) is 0.751. The van der Waals surface area contributed by atoms with Crippen LogP contribution in [0.3, 0.4) is 0 Å². The number of hydrogen-bond donors (Lipinski definition) is 0. The normalized spacial score (nSPS) is 15.8. The van der Waals surface area contributed by atoms with Crippen molar-refractivity contribution in [2.45, 2.75) is 30.1 Å². The fraction of sp³-hybridized carbons (Fsp3) is 0.409. The SMILES string of the molecule is CCN(C(C)=O)c1cc(N2CCCN(C)CC2)ccc1S(=O)(=O)c1ccccc1. The smallest absolute Gasteiger partial charge is 0.223 e. The Hall–Kier alpha value is -2.38. The molecule has 6 nitrogen and oxygen atoms in total. The van der Waals surface area contributed by atoms with Crippen molar-refractivity contribution in [1.82, 2.24) is 4.90 Å². The second-order valence-electron chi connectivity index (χ2n) is 7.38. The fourth-order valence-electron chi connectivity index (χ4n) is 3.73. The van der Waals surface area contributed by atoms with Crippen molar-refractivity contribution in [2.24, 2.45) is 0 Å². The van der Waals surface area contributed by atoms with Gasteiger partial charge in [0, 0.05) is 38.8 Å². The predicted molar refractivity (Wildman–Crippen MR) is 116 cm³/mol. The second-order valence-corrected chi connectivity index (χ2v) is 9.29. The van der Waals surface area contributed by atoms with E-state index in [-0.39, 0.29) is 15.7 Å². The average Bonchev–Trinajstić information content (AvgIpc) is 2.93. The van der Waals surface area contributed by atoms with Crippen molar-refractivity contribution >= 4 is 27.1 Å². The van der Waals surface area contributed by atoms with E-state index in [2.05, 4.69) is 16.8 Å². The molecular formula is C22H29N3O3S. The fourth-order valence-corrected chi connectivity index (χ4v) is 5.20. The highest BCUT2D eigenvalue weighted by atomic mass is 32.2. The molecule has 0 aromatic heterocycles. The van der Waals surface area contributed by atoms with E-state index in [0.717, 1.165) is 38.3 Å². The lowest BCUT2D eigenvalue weighted by Gasteiger charge is -2.27. The van der Waals surface area contributed by atoms with E-state index in [9.17, 15) is 13.2 Å². The number of amides is 1. The highest BCUT2D eigenvalue weighted by Gasteiger charge is 2.26. The van der Waals surface area contributed by atoms with Crippen LogP contribution in [0.4, 0.5) is 11.4 Å². The molecule has 1 fully saturated rings. The first kappa shape index (κ1) is 21.3. The number of carbonyl (C=O) groups is 1. The van der Waals surface area contributed by atoms with Crippen LogP contribution in [0.15, 0.2) is 58.3 Å². The lowest BCUT2D eigenvalue weighted by atomic mass is 10.2. The Kier molecular flexibility index (Phi) is 6.59. The van der Waals surface area contributed by atoms with Crippen molar-refractivity contribution in [1.29, 1.82) is 0 Å². The maximum absolute atomic E-state index is 13.3. The number of sulfone groups is 1. The number of carbonyl (C=O) groups excluding carboxylic acids is 1. The summed E-state index contributed by atoms with van der Waals surface area (Å²) in [6, 6.07) is 13.7. The van der Waals surface area contributed by atoms with E-state index >= 15 is 0 Å². The first-order valence-electron chi connectivity index (χ1n) is 10.0. The Morgan fingerprint density at radius 3 is 2.41 bits per heavy atom. The lowest BCUT2D eigenvalue weighted by Crippen LogP contribution is -2.31. The molecule has 1 saturated heterocycles. The van der Waals surface area contributed by atoms with Crippen molar-refractivity contribution in [3.8, 4) is 0 Å². The van der Waals surface area contributed by atoms with Gasteiger partial charge in [0.25, 0.3) is 0 Å². The molecule has 0 spiro atoms. The van der Waals surface area contributed by atoms with Gasteiger partial charge < -0.3 is 14.7 Å². The Balaban J connectivity index is 2.10. The zero-order chi connectivity index (χ0) is 21.0. The van der Waals surface area contributed by atoms with Crippen molar-refractivity contribution in [3.05, 3.63) is 48.5 Å². The Bertz CT molecular complexity index is 961. The van der Waals surface area contributed by atoms with E-state index < -0.39 is 9.84 Å². The molecule has 1 aliphatic heterocycles. The van der Waals surface area contributed by atoms with Gasteiger partial charge in [0.1, 0.15) is 0 Å². The molecule has 1 aliphatic rings. The minimum Gasteiger partial charge on any atom is -0.370 e. The number of rotatable bonds is 5. The molecule has 2 aromatic carbocycles. The zero-order valence-corrected chi connectivity index (χ0v) is 18.2. The number of anilines is 2.